The van der Waals surface area contributed by atoms with Crippen molar-refractivity contribution in [1.29, 1.82) is 0 Å². The maximum Gasteiger partial charge on any atom is 0.201 e. The summed E-state index contributed by atoms with van der Waals surface area (Å²) in [6, 6.07) is 3.84. The second-order valence-electron chi connectivity index (χ2n) is 4.48. The Labute approximate surface area is 121 Å². The third-order valence-electron chi connectivity index (χ3n) is 3.08. The van der Waals surface area contributed by atoms with E-state index in [1.807, 2.05) is 6.92 Å². The van der Waals surface area contributed by atoms with E-state index < -0.39 is 5.75 Å². The first-order chi connectivity index (χ1) is 9.99. The largest absolute Gasteiger partial charge is 0.508 e. The van der Waals surface area contributed by atoms with Crippen molar-refractivity contribution in [2.75, 3.05) is 0 Å². The fourth-order valence-electron chi connectivity index (χ4n) is 2.05. The normalized spacial score (nSPS) is 12.9. The van der Waals surface area contributed by atoms with Crippen LogP contribution in [-0.4, -0.2) is 15.3 Å². The Kier molecular flexibility index (Phi) is 4.03. The predicted molar refractivity (Wildman–Crippen MR) is 80.5 cm³/mol. The lowest BCUT2D eigenvalue weighted by molar-refractivity contribution is 0.398. The monoisotopic (exact) mass is 288 g/mol. The van der Waals surface area contributed by atoms with Crippen molar-refractivity contribution >= 4 is 16.5 Å². The molecule has 0 saturated heterocycles. The Bertz CT molecular complexity index is 796. The van der Waals surface area contributed by atoms with Crippen LogP contribution in [0.25, 0.3) is 16.5 Å². The summed E-state index contributed by atoms with van der Waals surface area (Å²) in [5, 5.41) is 29.4. The zero-order valence-corrected chi connectivity index (χ0v) is 11.8. The molecule has 0 aliphatic heterocycles. The minimum absolute atomic E-state index is 0.0119. The van der Waals surface area contributed by atoms with Crippen molar-refractivity contribution in [1.82, 2.24) is 0 Å². The first-order valence-corrected chi connectivity index (χ1v) is 6.54. The second kappa shape index (κ2) is 5.75. The molecule has 5 nitrogen and oxygen atoms in total. The van der Waals surface area contributed by atoms with Crippen LogP contribution in [0.4, 0.5) is 0 Å². The number of benzene rings is 1. The summed E-state index contributed by atoms with van der Waals surface area (Å²) < 4.78 is 5.50. The summed E-state index contributed by atoms with van der Waals surface area (Å²) in [5.41, 5.74) is -0.134. The van der Waals surface area contributed by atoms with Gasteiger partial charge in [-0.25, -0.2) is 0 Å². The van der Waals surface area contributed by atoms with Crippen LogP contribution >= 0.6 is 0 Å². The molecule has 0 radical (unpaired) electrons. The Morgan fingerprint density at radius 2 is 2.05 bits per heavy atom. The van der Waals surface area contributed by atoms with Crippen LogP contribution in [0.15, 0.2) is 45.3 Å². The Morgan fingerprint density at radius 3 is 2.67 bits per heavy atom. The van der Waals surface area contributed by atoms with Gasteiger partial charge in [0.15, 0.2) is 16.8 Å². The summed E-state index contributed by atoms with van der Waals surface area (Å²) >= 11 is 0. The zero-order valence-electron chi connectivity index (χ0n) is 11.8. The number of hydrogen-bond acceptors (Lipinski definition) is 5. The minimum Gasteiger partial charge on any atom is -0.508 e. The number of aliphatic hydroxyl groups is 1. The van der Waals surface area contributed by atoms with Crippen molar-refractivity contribution < 1.29 is 19.7 Å². The summed E-state index contributed by atoms with van der Waals surface area (Å²) in [5.74, 6) is -0.765. The van der Waals surface area contributed by atoms with E-state index in [4.69, 9.17) is 4.42 Å². The predicted octanol–water partition coefficient (Wildman–Crippen LogP) is 3.46. The number of aliphatic hydroxyl groups excluding tert-OH is 1. The Balaban J connectivity index is 2.75. The third kappa shape index (κ3) is 2.63. The first-order valence-electron chi connectivity index (χ1n) is 6.54. The van der Waals surface area contributed by atoms with E-state index in [9.17, 15) is 20.1 Å². The summed E-state index contributed by atoms with van der Waals surface area (Å²) in [6.45, 7) is 3.56. The van der Waals surface area contributed by atoms with Crippen molar-refractivity contribution in [3.05, 3.63) is 52.1 Å². The number of hydrogen-bond donors (Lipinski definition) is 3. The van der Waals surface area contributed by atoms with Gasteiger partial charge in [0, 0.05) is 6.07 Å². The van der Waals surface area contributed by atoms with E-state index in [0.29, 0.717) is 12.0 Å². The highest BCUT2D eigenvalue weighted by Crippen LogP contribution is 2.34. The van der Waals surface area contributed by atoms with E-state index in [0.717, 1.165) is 0 Å². The van der Waals surface area contributed by atoms with Crippen LogP contribution in [0.2, 0.25) is 0 Å². The lowest BCUT2D eigenvalue weighted by atomic mass is 10.1. The fraction of sp³-hybridized carbons (Fsp3) is 0.188. The average molecular weight is 288 g/mol. The number of fused-ring (bicyclic) bond motifs is 1. The van der Waals surface area contributed by atoms with Gasteiger partial charge in [0.05, 0.1) is 11.0 Å². The molecule has 0 atom stereocenters. The van der Waals surface area contributed by atoms with Gasteiger partial charge in [0.25, 0.3) is 0 Å². The molecule has 5 heteroatoms. The van der Waals surface area contributed by atoms with E-state index in [2.05, 4.69) is 0 Å². The fourth-order valence-corrected chi connectivity index (χ4v) is 2.05. The number of aromatic hydroxyl groups is 2. The number of allylic oxidation sites excluding steroid dienone is 3. The standard InChI is InChI=1S/C16H16O5/c1-3-5-11(17)9(4-2)14-8-13(19)10-6-7-12(18)15(20)16(10)21-14/h4-8,17-18,20H,3H2,1-2H3/b9-4+,11-5+. The Morgan fingerprint density at radius 1 is 1.33 bits per heavy atom. The lowest BCUT2D eigenvalue weighted by Crippen LogP contribution is -2.03. The molecule has 1 aromatic heterocycles. The highest BCUT2D eigenvalue weighted by Gasteiger charge is 2.15. The topological polar surface area (TPSA) is 90.9 Å². The molecule has 21 heavy (non-hydrogen) atoms. The van der Waals surface area contributed by atoms with Crippen LogP contribution in [0.5, 0.6) is 11.5 Å². The van der Waals surface area contributed by atoms with Crippen molar-refractivity contribution in [3.8, 4) is 11.5 Å². The molecule has 0 aliphatic rings. The van der Waals surface area contributed by atoms with Gasteiger partial charge in [-0.05, 0) is 31.6 Å². The third-order valence-corrected chi connectivity index (χ3v) is 3.08. The summed E-state index contributed by atoms with van der Waals surface area (Å²) in [6.07, 6.45) is 3.81. The van der Waals surface area contributed by atoms with Crippen LogP contribution in [-0.2, 0) is 0 Å². The SMILES string of the molecule is C/C=C(\C(O)=C/CC)c1cc(=O)c2ccc(O)c(O)c2o1. The summed E-state index contributed by atoms with van der Waals surface area (Å²) in [4.78, 5) is 12.1. The van der Waals surface area contributed by atoms with Crippen molar-refractivity contribution in [3.63, 3.8) is 0 Å². The minimum atomic E-state index is -0.499. The quantitative estimate of drug-likeness (QED) is 0.457. The van der Waals surface area contributed by atoms with Gasteiger partial charge in [0.1, 0.15) is 11.5 Å². The van der Waals surface area contributed by atoms with Gasteiger partial charge < -0.3 is 19.7 Å². The van der Waals surface area contributed by atoms with E-state index in [-0.39, 0.29) is 33.7 Å². The van der Waals surface area contributed by atoms with Crippen molar-refractivity contribution in [2.45, 2.75) is 20.3 Å². The molecule has 2 rings (SSSR count). The molecule has 0 amide bonds. The van der Waals surface area contributed by atoms with Gasteiger partial charge >= 0.3 is 0 Å². The van der Waals surface area contributed by atoms with Crippen LogP contribution < -0.4 is 5.43 Å². The van der Waals surface area contributed by atoms with Gasteiger partial charge in [-0.2, -0.15) is 0 Å². The highest BCUT2D eigenvalue weighted by atomic mass is 16.4. The molecule has 1 aromatic carbocycles. The molecule has 3 N–H and O–H groups in total. The molecule has 0 spiro atoms. The Hall–Kier alpha value is -2.69. The molecular formula is C16H16O5. The van der Waals surface area contributed by atoms with Gasteiger partial charge in [-0.3, -0.25) is 4.79 Å². The second-order valence-corrected chi connectivity index (χ2v) is 4.48. The zero-order chi connectivity index (χ0) is 15.6. The number of rotatable bonds is 3. The summed E-state index contributed by atoms with van der Waals surface area (Å²) in [7, 11) is 0. The smallest absolute Gasteiger partial charge is 0.201 e. The van der Waals surface area contributed by atoms with Gasteiger partial charge in [-0.1, -0.05) is 13.0 Å². The number of phenols is 2. The molecule has 1 heterocycles. The van der Waals surface area contributed by atoms with Gasteiger partial charge in [-0.15, -0.1) is 0 Å². The van der Waals surface area contributed by atoms with Crippen molar-refractivity contribution in [2.24, 2.45) is 0 Å². The average Bonchev–Trinajstić information content (AvgIpc) is 2.44. The van der Waals surface area contributed by atoms with E-state index in [1.54, 1.807) is 19.1 Å². The number of phenolic OH excluding ortho intramolecular Hbond substituents is 2. The molecule has 0 aliphatic carbocycles. The van der Waals surface area contributed by atoms with E-state index in [1.165, 1.54) is 18.2 Å². The molecular weight excluding hydrogens is 272 g/mol. The molecule has 0 unspecified atom stereocenters. The molecule has 0 bridgehead atoms. The molecule has 110 valence electrons. The maximum atomic E-state index is 12.1. The molecule has 0 fully saturated rings. The maximum absolute atomic E-state index is 12.1. The molecule has 2 aromatic rings. The van der Waals surface area contributed by atoms with Crippen LogP contribution in [0.3, 0.4) is 0 Å². The van der Waals surface area contributed by atoms with Crippen LogP contribution in [0.1, 0.15) is 26.0 Å². The first kappa shape index (κ1) is 14.7. The van der Waals surface area contributed by atoms with E-state index >= 15 is 0 Å². The lowest BCUT2D eigenvalue weighted by Gasteiger charge is -2.08. The van der Waals surface area contributed by atoms with Gasteiger partial charge in [0.2, 0.25) is 5.75 Å². The highest BCUT2D eigenvalue weighted by molar-refractivity contribution is 5.86. The molecule has 0 saturated carbocycles. The van der Waals surface area contributed by atoms with Crippen LogP contribution in [0, 0.1) is 0 Å².